The number of ether oxygens (including phenoxy) is 1. The molecule has 0 atom stereocenters. The zero-order valence-corrected chi connectivity index (χ0v) is 15.5. The fourth-order valence-corrected chi connectivity index (χ4v) is 3.18. The monoisotopic (exact) mass is 373 g/mol. The van der Waals surface area contributed by atoms with E-state index in [1.807, 2.05) is 56.6 Å². The Bertz CT molecular complexity index is 1210. The topological polar surface area (TPSA) is 109 Å². The third-order valence-corrected chi connectivity index (χ3v) is 4.46. The van der Waals surface area contributed by atoms with E-state index in [0.29, 0.717) is 23.0 Å². The first-order chi connectivity index (χ1) is 13.4. The van der Waals surface area contributed by atoms with Crippen LogP contribution in [0, 0.1) is 6.92 Å². The van der Waals surface area contributed by atoms with Crippen molar-refractivity contribution in [2.75, 3.05) is 5.73 Å². The summed E-state index contributed by atoms with van der Waals surface area (Å²) < 4.78 is 7.68. The Kier molecular flexibility index (Phi) is 4.19. The number of amides is 1. The average molecular weight is 373 g/mol. The first-order valence-electron chi connectivity index (χ1n) is 8.69. The first-order valence-corrected chi connectivity index (χ1v) is 8.69. The van der Waals surface area contributed by atoms with E-state index in [2.05, 4.69) is 10.1 Å². The first kappa shape index (κ1) is 17.5. The number of fused-ring (bicyclic) bond motifs is 1. The summed E-state index contributed by atoms with van der Waals surface area (Å²) in [5.74, 6) is 0.916. The molecule has 0 aliphatic heterocycles. The molecule has 4 aromatic rings. The molecule has 7 nitrogen and oxygen atoms in total. The molecule has 1 amide bonds. The third kappa shape index (κ3) is 3.37. The number of primary amides is 1. The van der Waals surface area contributed by atoms with E-state index in [9.17, 15) is 4.79 Å². The number of carbonyl (C=O) groups excluding carboxylic acids is 1. The summed E-state index contributed by atoms with van der Waals surface area (Å²) in [6, 6.07) is 14.6. The van der Waals surface area contributed by atoms with Gasteiger partial charge in [-0.15, -0.1) is 0 Å². The molecule has 28 heavy (non-hydrogen) atoms. The molecule has 2 heterocycles. The number of nitrogen functional groups attached to an aromatic ring is 1. The number of aryl methyl sites for hydroxylation is 2. The van der Waals surface area contributed by atoms with Crippen LogP contribution in [-0.2, 0) is 7.05 Å². The van der Waals surface area contributed by atoms with E-state index in [1.54, 1.807) is 16.8 Å². The predicted octanol–water partition coefficient (Wildman–Crippen LogP) is 3.42. The highest BCUT2D eigenvalue weighted by Gasteiger charge is 2.10. The summed E-state index contributed by atoms with van der Waals surface area (Å²) in [5.41, 5.74) is 15.3. The summed E-state index contributed by atoms with van der Waals surface area (Å²) in [6.07, 6.45) is 1.92. The maximum absolute atomic E-state index is 11.4. The van der Waals surface area contributed by atoms with Crippen LogP contribution in [0.3, 0.4) is 0 Å². The van der Waals surface area contributed by atoms with Crippen LogP contribution >= 0.6 is 0 Å². The molecular weight excluding hydrogens is 354 g/mol. The van der Waals surface area contributed by atoms with Gasteiger partial charge in [-0.1, -0.05) is 12.1 Å². The summed E-state index contributed by atoms with van der Waals surface area (Å²) in [6.45, 7) is 1.84. The Morgan fingerprint density at radius 2 is 1.89 bits per heavy atom. The number of nitrogens with two attached hydrogens (primary N) is 2. The van der Waals surface area contributed by atoms with Crippen LogP contribution in [0.5, 0.6) is 11.6 Å². The van der Waals surface area contributed by atoms with E-state index >= 15 is 0 Å². The zero-order valence-electron chi connectivity index (χ0n) is 15.5. The lowest BCUT2D eigenvalue weighted by atomic mass is 10.00. The number of anilines is 1. The Balaban J connectivity index is 1.68. The van der Waals surface area contributed by atoms with E-state index in [0.717, 1.165) is 27.6 Å². The molecular formula is C21H19N5O2. The fourth-order valence-electron chi connectivity index (χ4n) is 3.18. The number of hydrogen-bond acceptors (Lipinski definition) is 5. The molecule has 0 aliphatic carbocycles. The maximum atomic E-state index is 11.4. The molecule has 0 unspecified atom stereocenters. The number of pyridine rings is 1. The molecule has 0 radical (unpaired) electrons. The van der Waals surface area contributed by atoms with Gasteiger partial charge in [-0.2, -0.15) is 10.1 Å². The summed E-state index contributed by atoms with van der Waals surface area (Å²) in [7, 11) is 1.87. The van der Waals surface area contributed by atoms with Crippen LogP contribution < -0.4 is 16.2 Å². The van der Waals surface area contributed by atoms with Crippen LogP contribution in [0.1, 0.15) is 15.9 Å². The van der Waals surface area contributed by atoms with Gasteiger partial charge in [-0.05, 0) is 53.9 Å². The molecule has 0 saturated heterocycles. The minimum Gasteiger partial charge on any atom is -0.439 e. The van der Waals surface area contributed by atoms with E-state index < -0.39 is 5.91 Å². The van der Waals surface area contributed by atoms with Crippen molar-refractivity contribution in [3.05, 3.63) is 65.9 Å². The molecule has 0 fully saturated rings. The highest BCUT2D eigenvalue weighted by atomic mass is 16.5. The molecule has 4 rings (SSSR count). The number of benzene rings is 2. The van der Waals surface area contributed by atoms with Crippen molar-refractivity contribution in [3.63, 3.8) is 0 Å². The molecule has 4 N–H and O–H groups in total. The highest BCUT2D eigenvalue weighted by molar-refractivity contribution is 5.95. The Morgan fingerprint density at radius 1 is 1.07 bits per heavy atom. The fraction of sp³-hybridized carbons (Fsp3) is 0.0952. The zero-order chi connectivity index (χ0) is 19.8. The molecule has 0 aliphatic rings. The smallest absolute Gasteiger partial charge is 0.248 e. The van der Waals surface area contributed by atoms with E-state index in [4.69, 9.17) is 16.2 Å². The van der Waals surface area contributed by atoms with Crippen LogP contribution in [0.25, 0.3) is 22.0 Å². The lowest BCUT2D eigenvalue weighted by Crippen LogP contribution is -2.12. The Hall–Kier alpha value is -3.87. The van der Waals surface area contributed by atoms with Crippen molar-refractivity contribution in [3.8, 4) is 22.8 Å². The Labute approximate surface area is 161 Å². The standard InChI is InChI=1S/C21H19N5O2/c1-12-7-13(3-5-17(12)21(23)27)14-9-19(22)24-20(10-14)28-16-4-6-18-15(8-16)11-26(2)25-18/h3-11H,1-2H3,(H2,22,24)(H2,23,27). The summed E-state index contributed by atoms with van der Waals surface area (Å²) >= 11 is 0. The van der Waals surface area contributed by atoms with Crippen molar-refractivity contribution >= 4 is 22.6 Å². The molecule has 2 aromatic heterocycles. The molecule has 0 bridgehead atoms. The van der Waals surface area contributed by atoms with Gasteiger partial charge in [0.2, 0.25) is 11.8 Å². The number of nitrogens with zero attached hydrogens (tertiary/aromatic N) is 3. The van der Waals surface area contributed by atoms with Gasteiger partial charge in [-0.25, -0.2) is 0 Å². The lowest BCUT2D eigenvalue weighted by Gasteiger charge is -2.10. The molecule has 7 heteroatoms. The van der Waals surface area contributed by atoms with Gasteiger partial charge in [-0.3, -0.25) is 9.48 Å². The normalized spacial score (nSPS) is 10.9. The van der Waals surface area contributed by atoms with Gasteiger partial charge >= 0.3 is 0 Å². The summed E-state index contributed by atoms with van der Waals surface area (Å²) in [4.78, 5) is 15.7. The maximum Gasteiger partial charge on any atom is 0.248 e. The van der Waals surface area contributed by atoms with Crippen LogP contribution in [-0.4, -0.2) is 20.7 Å². The van der Waals surface area contributed by atoms with Crippen molar-refractivity contribution in [2.24, 2.45) is 12.8 Å². The van der Waals surface area contributed by atoms with Gasteiger partial charge in [0.1, 0.15) is 11.6 Å². The molecule has 0 spiro atoms. The van der Waals surface area contributed by atoms with E-state index in [1.165, 1.54) is 0 Å². The quantitative estimate of drug-likeness (QED) is 0.570. The van der Waals surface area contributed by atoms with Crippen molar-refractivity contribution in [1.29, 1.82) is 0 Å². The van der Waals surface area contributed by atoms with Crippen LogP contribution in [0.4, 0.5) is 5.82 Å². The molecule has 0 saturated carbocycles. The molecule has 2 aromatic carbocycles. The minimum atomic E-state index is -0.451. The lowest BCUT2D eigenvalue weighted by molar-refractivity contribution is 0.0999. The highest BCUT2D eigenvalue weighted by Crippen LogP contribution is 2.30. The van der Waals surface area contributed by atoms with Gasteiger partial charge < -0.3 is 16.2 Å². The number of carbonyl (C=O) groups is 1. The second kappa shape index (κ2) is 6.70. The molecule has 140 valence electrons. The Morgan fingerprint density at radius 3 is 2.64 bits per heavy atom. The van der Waals surface area contributed by atoms with Gasteiger partial charge in [0.25, 0.3) is 0 Å². The van der Waals surface area contributed by atoms with E-state index in [-0.39, 0.29) is 0 Å². The largest absolute Gasteiger partial charge is 0.439 e. The van der Waals surface area contributed by atoms with Crippen molar-refractivity contribution in [1.82, 2.24) is 14.8 Å². The van der Waals surface area contributed by atoms with Gasteiger partial charge in [0, 0.05) is 30.3 Å². The van der Waals surface area contributed by atoms with Crippen molar-refractivity contribution < 1.29 is 9.53 Å². The van der Waals surface area contributed by atoms with Crippen LogP contribution in [0.15, 0.2) is 54.7 Å². The third-order valence-electron chi connectivity index (χ3n) is 4.46. The number of hydrogen-bond donors (Lipinski definition) is 2. The predicted molar refractivity (Wildman–Crippen MR) is 108 cm³/mol. The van der Waals surface area contributed by atoms with Gasteiger partial charge in [0.15, 0.2) is 0 Å². The van der Waals surface area contributed by atoms with Crippen molar-refractivity contribution in [2.45, 2.75) is 6.92 Å². The second-order valence-corrected chi connectivity index (χ2v) is 6.64. The van der Waals surface area contributed by atoms with Gasteiger partial charge in [0.05, 0.1) is 5.52 Å². The second-order valence-electron chi connectivity index (χ2n) is 6.64. The summed E-state index contributed by atoms with van der Waals surface area (Å²) in [5, 5.41) is 5.32. The van der Waals surface area contributed by atoms with Crippen LogP contribution in [0.2, 0.25) is 0 Å². The number of rotatable bonds is 4. The number of aromatic nitrogens is 3. The average Bonchev–Trinajstić information content (AvgIpc) is 3.00. The SMILES string of the molecule is Cc1cc(-c2cc(N)nc(Oc3ccc4nn(C)cc4c3)c2)ccc1C(N)=O. The minimum absolute atomic E-state index is 0.339.